The fourth-order valence-corrected chi connectivity index (χ4v) is 2.85. The third-order valence-corrected chi connectivity index (χ3v) is 4.62. The predicted molar refractivity (Wildman–Crippen MR) is 105 cm³/mol. The Balaban J connectivity index is 1.54. The summed E-state index contributed by atoms with van der Waals surface area (Å²) in [6.07, 6.45) is 0.648. The monoisotopic (exact) mass is 381 g/mol. The molecule has 0 radical (unpaired) electrons. The second-order valence-electron chi connectivity index (χ2n) is 7.16. The molecule has 146 valence electrons. The minimum Gasteiger partial charge on any atom is -0.341 e. The number of benzene rings is 2. The average Bonchev–Trinajstić information content (AvgIpc) is 3.17. The van der Waals surface area contributed by atoms with Crippen LogP contribution in [-0.2, 0) is 17.8 Å². The van der Waals surface area contributed by atoms with Crippen molar-refractivity contribution < 1.29 is 13.7 Å². The van der Waals surface area contributed by atoms with Gasteiger partial charge in [-0.05, 0) is 29.2 Å². The highest BCUT2D eigenvalue weighted by molar-refractivity contribution is 5.76. The van der Waals surface area contributed by atoms with Crippen molar-refractivity contribution in [1.29, 1.82) is 0 Å². The maximum Gasteiger partial charge on any atom is 0.227 e. The smallest absolute Gasteiger partial charge is 0.227 e. The Morgan fingerprint density at radius 3 is 2.43 bits per heavy atom. The molecule has 5 nitrogen and oxygen atoms in total. The van der Waals surface area contributed by atoms with Gasteiger partial charge in [-0.1, -0.05) is 55.4 Å². The zero-order valence-corrected chi connectivity index (χ0v) is 16.4. The molecule has 3 aromatic rings. The van der Waals surface area contributed by atoms with Crippen LogP contribution in [0.3, 0.4) is 0 Å². The highest BCUT2D eigenvalue weighted by Gasteiger charge is 2.14. The van der Waals surface area contributed by atoms with Gasteiger partial charge < -0.3 is 9.42 Å². The van der Waals surface area contributed by atoms with Gasteiger partial charge in [-0.3, -0.25) is 4.79 Å². The van der Waals surface area contributed by atoms with Gasteiger partial charge in [-0.2, -0.15) is 4.98 Å². The highest BCUT2D eigenvalue weighted by Crippen LogP contribution is 2.21. The van der Waals surface area contributed by atoms with Crippen molar-refractivity contribution in [3.63, 3.8) is 0 Å². The largest absolute Gasteiger partial charge is 0.341 e. The number of nitrogens with zero attached hydrogens (tertiary/aromatic N) is 3. The highest BCUT2D eigenvalue weighted by atomic mass is 19.1. The number of hydrogen-bond donors (Lipinski definition) is 0. The van der Waals surface area contributed by atoms with E-state index < -0.39 is 0 Å². The van der Waals surface area contributed by atoms with Gasteiger partial charge >= 0.3 is 0 Å². The summed E-state index contributed by atoms with van der Waals surface area (Å²) in [5.41, 5.74) is 3.02. The van der Waals surface area contributed by atoms with Crippen LogP contribution >= 0.6 is 0 Å². The topological polar surface area (TPSA) is 59.2 Å². The first-order valence-corrected chi connectivity index (χ1v) is 9.33. The summed E-state index contributed by atoms with van der Waals surface area (Å²) in [6.45, 7) is 4.72. The standard InChI is InChI=1S/C22H24FN3O2/c1-15(2)17-6-8-18(9-7-17)22-24-20(28-25-22)12-13-21(27)26(3)14-16-4-10-19(23)11-5-16/h4-11,15H,12-14H2,1-3H3. The lowest BCUT2D eigenvalue weighted by atomic mass is 10.0. The van der Waals surface area contributed by atoms with Gasteiger partial charge in [0.15, 0.2) is 0 Å². The van der Waals surface area contributed by atoms with Crippen LogP contribution < -0.4 is 0 Å². The zero-order chi connectivity index (χ0) is 20.1. The van der Waals surface area contributed by atoms with Gasteiger partial charge in [0, 0.05) is 32.0 Å². The summed E-state index contributed by atoms with van der Waals surface area (Å²) in [5, 5.41) is 4.01. The van der Waals surface area contributed by atoms with Crippen molar-refractivity contribution in [2.24, 2.45) is 0 Å². The van der Waals surface area contributed by atoms with Crippen molar-refractivity contribution in [2.45, 2.75) is 39.2 Å². The van der Waals surface area contributed by atoms with Crippen molar-refractivity contribution in [1.82, 2.24) is 15.0 Å². The molecule has 1 aromatic heterocycles. The summed E-state index contributed by atoms with van der Waals surface area (Å²) >= 11 is 0. The van der Waals surface area contributed by atoms with Crippen LogP contribution in [0.15, 0.2) is 53.1 Å². The Morgan fingerprint density at radius 2 is 1.79 bits per heavy atom. The first kappa shape index (κ1) is 19.7. The van der Waals surface area contributed by atoms with Gasteiger partial charge in [0.25, 0.3) is 0 Å². The number of aromatic nitrogens is 2. The molecule has 0 fully saturated rings. The SMILES string of the molecule is CC(C)c1ccc(-c2noc(CCC(=O)N(C)Cc3ccc(F)cc3)n2)cc1. The fourth-order valence-electron chi connectivity index (χ4n) is 2.85. The molecule has 6 heteroatoms. The zero-order valence-electron chi connectivity index (χ0n) is 16.4. The second kappa shape index (κ2) is 8.78. The molecular formula is C22H24FN3O2. The molecule has 0 aliphatic carbocycles. The molecule has 3 rings (SSSR count). The van der Waals surface area contributed by atoms with Crippen LogP contribution in [0.2, 0.25) is 0 Å². The third-order valence-electron chi connectivity index (χ3n) is 4.62. The van der Waals surface area contributed by atoms with E-state index in [-0.39, 0.29) is 18.1 Å². The lowest BCUT2D eigenvalue weighted by Crippen LogP contribution is -2.26. The molecule has 0 bridgehead atoms. The first-order valence-electron chi connectivity index (χ1n) is 9.33. The minimum absolute atomic E-state index is 0.0367. The molecule has 1 heterocycles. The van der Waals surface area contributed by atoms with E-state index in [9.17, 15) is 9.18 Å². The summed E-state index contributed by atoms with van der Waals surface area (Å²) in [5.74, 6) is 1.10. The molecule has 28 heavy (non-hydrogen) atoms. The Morgan fingerprint density at radius 1 is 1.11 bits per heavy atom. The Hall–Kier alpha value is -3.02. The van der Waals surface area contributed by atoms with Gasteiger partial charge in [0.1, 0.15) is 5.82 Å². The number of amides is 1. The van der Waals surface area contributed by atoms with Crippen LogP contribution in [0.25, 0.3) is 11.4 Å². The van der Waals surface area contributed by atoms with Gasteiger partial charge in [-0.15, -0.1) is 0 Å². The number of carbonyl (C=O) groups excluding carboxylic acids is 1. The van der Waals surface area contributed by atoms with Gasteiger partial charge in [-0.25, -0.2) is 4.39 Å². The maximum atomic E-state index is 13.0. The molecule has 0 aliphatic rings. The number of halogens is 1. The number of aryl methyl sites for hydroxylation is 1. The van der Waals surface area contributed by atoms with E-state index >= 15 is 0 Å². The Kier molecular flexibility index (Phi) is 6.19. The quantitative estimate of drug-likeness (QED) is 0.601. The van der Waals surface area contributed by atoms with Crippen molar-refractivity contribution >= 4 is 5.91 Å². The molecule has 0 unspecified atom stereocenters. The van der Waals surface area contributed by atoms with E-state index in [1.807, 2.05) is 12.1 Å². The van der Waals surface area contributed by atoms with Gasteiger partial charge in [0.05, 0.1) is 0 Å². The van der Waals surface area contributed by atoms with Crippen LogP contribution in [0.1, 0.15) is 43.2 Å². The van der Waals surface area contributed by atoms with E-state index in [1.54, 1.807) is 24.1 Å². The van der Waals surface area contributed by atoms with E-state index in [0.29, 0.717) is 30.6 Å². The number of carbonyl (C=O) groups is 1. The second-order valence-corrected chi connectivity index (χ2v) is 7.16. The molecule has 2 aromatic carbocycles. The van der Waals surface area contributed by atoms with Crippen molar-refractivity contribution in [2.75, 3.05) is 7.05 Å². The van der Waals surface area contributed by atoms with E-state index in [1.165, 1.54) is 17.7 Å². The molecule has 0 aliphatic heterocycles. The molecule has 0 saturated carbocycles. The van der Waals surface area contributed by atoms with Crippen LogP contribution in [0.5, 0.6) is 0 Å². The number of hydrogen-bond acceptors (Lipinski definition) is 4. The average molecular weight is 381 g/mol. The predicted octanol–water partition coefficient (Wildman–Crippen LogP) is 4.59. The third kappa shape index (κ3) is 5.03. The molecule has 0 saturated heterocycles. The fraction of sp³-hybridized carbons (Fsp3) is 0.318. The lowest BCUT2D eigenvalue weighted by molar-refractivity contribution is -0.130. The normalized spacial score (nSPS) is 11.0. The molecule has 0 atom stereocenters. The molecule has 0 spiro atoms. The van der Waals surface area contributed by atoms with Crippen LogP contribution in [0, 0.1) is 5.82 Å². The van der Waals surface area contributed by atoms with Gasteiger partial charge in [0.2, 0.25) is 17.6 Å². The molecule has 0 N–H and O–H groups in total. The molecular weight excluding hydrogens is 357 g/mol. The Bertz CT molecular complexity index is 918. The summed E-state index contributed by atoms with van der Waals surface area (Å²) in [4.78, 5) is 18.3. The van der Waals surface area contributed by atoms with E-state index in [0.717, 1.165) is 11.1 Å². The van der Waals surface area contributed by atoms with Crippen LogP contribution in [-0.4, -0.2) is 28.0 Å². The van der Waals surface area contributed by atoms with E-state index in [2.05, 4.69) is 36.1 Å². The summed E-state index contributed by atoms with van der Waals surface area (Å²) < 4.78 is 18.3. The van der Waals surface area contributed by atoms with Crippen LogP contribution in [0.4, 0.5) is 4.39 Å². The summed E-state index contributed by atoms with van der Waals surface area (Å²) in [7, 11) is 1.72. The number of rotatable bonds is 7. The lowest BCUT2D eigenvalue weighted by Gasteiger charge is -2.16. The van der Waals surface area contributed by atoms with Crippen molar-refractivity contribution in [3.05, 3.63) is 71.4 Å². The maximum absolute atomic E-state index is 13.0. The summed E-state index contributed by atoms with van der Waals surface area (Å²) in [6, 6.07) is 14.2. The van der Waals surface area contributed by atoms with E-state index in [4.69, 9.17) is 4.52 Å². The first-order chi connectivity index (χ1) is 13.4. The Labute approximate surface area is 164 Å². The van der Waals surface area contributed by atoms with Crippen molar-refractivity contribution in [3.8, 4) is 11.4 Å². The molecule has 1 amide bonds. The minimum atomic E-state index is -0.288.